The molecule has 16 heavy (non-hydrogen) atoms. The van der Waals surface area contributed by atoms with E-state index in [4.69, 9.17) is 10.4 Å². The molecule has 0 spiro atoms. The van der Waals surface area contributed by atoms with Crippen LogP contribution in [0.15, 0.2) is 18.2 Å². The molecule has 0 saturated carbocycles. The zero-order chi connectivity index (χ0) is 12.3. The van der Waals surface area contributed by atoms with Crippen molar-refractivity contribution < 1.29 is 14.8 Å². The lowest BCUT2D eigenvalue weighted by molar-refractivity contribution is -0.385. The molecule has 0 heterocycles. The molecule has 0 radical (unpaired) electrons. The first-order valence-corrected chi connectivity index (χ1v) is 4.38. The summed E-state index contributed by atoms with van der Waals surface area (Å²) in [7, 11) is 0. The van der Waals surface area contributed by atoms with Crippen LogP contribution in [-0.4, -0.2) is 16.0 Å². The Morgan fingerprint density at radius 3 is 2.69 bits per heavy atom. The minimum atomic E-state index is -1.04. The fourth-order valence-corrected chi connectivity index (χ4v) is 1.21. The van der Waals surface area contributed by atoms with E-state index in [1.54, 1.807) is 6.07 Å². The Labute approximate surface area is 90.9 Å². The first-order chi connectivity index (χ1) is 7.47. The monoisotopic (exact) mass is 220 g/mol. The Morgan fingerprint density at radius 2 is 2.25 bits per heavy atom. The summed E-state index contributed by atoms with van der Waals surface area (Å²) in [5, 5.41) is 28.0. The van der Waals surface area contributed by atoms with Gasteiger partial charge in [0.2, 0.25) is 0 Å². The van der Waals surface area contributed by atoms with Gasteiger partial charge in [-0.2, -0.15) is 5.26 Å². The Hall–Kier alpha value is -2.42. The molecule has 0 aliphatic heterocycles. The van der Waals surface area contributed by atoms with Crippen molar-refractivity contribution in [3.05, 3.63) is 39.4 Å². The van der Waals surface area contributed by atoms with Gasteiger partial charge in [-0.3, -0.25) is 14.9 Å². The van der Waals surface area contributed by atoms with E-state index in [1.165, 1.54) is 19.1 Å². The number of hydrogen-bond donors (Lipinski definition) is 1. The highest BCUT2D eigenvalue weighted by Crippen LogP contribution is 2.23. The van der Waals surface area contributed by atoms with Gasteiger partial charge in [-0.25, -0.2) is 0 Å². The molecular formula is C10H8N2O4. The van der Waals surface area contributed by atoms with Gasteiger partial charge < -0.3 is 5.11 Å². The second-order valence-electron chi connectivity index (χ2n) is 3.21. The van der Waals surface area contributed by atoms with Crippen molar-refractivity contribution in [3.63, 3.8) is 0 Å². The van der Waals surface area contributed by atoms with Crippen LogP contribution in [0.25, 0.3) is 0 Å². The van der Waals surface area contributed by atoms with E-state index in [-0.39, 0.29) is 11.3 Å². The zero-order valence-corrected chi connectivity index (χ0v) is 8.38. The highest BCUT2D eigenvalue weighted by Gasteiger charge is 2.19. The lowest BCUT2D eigenvalue weighted by Gasteiger charge is -2.06. The molecule has 0 saturated heterocycles. The van der Waals surface area contributed by atoms with E-state index in [9.17, 15) is 14.9 Å². The topological polar surface area (TPSA) is 104 Å². The van der Waals surface area contributed by atoms with Crippen molar-refractivity contribution in [2.24, 2.45) is 0 Å². The van der Waals surface area contributed by atoms with Crippen molar-refractivity contribution in [1.82, 2.24) is 0 Å². The number of nitro benzene ring substituents is 1. The fourth-order valence-electron chi connectivity index (χ4n) is 1.21. The van der Waals surface area contributed by atoms with Gasteiger partial charge in [0.25, 0.3) is 5.69 Å². The van der Waals surface area contributed by atoms with Gasteiger partial charge in [-0.15, -0.1) is 0 Å². The SMILES string of the molecule is CC(C(=O)O)c1ccc([N+](=O)[O-])c(C#N)c1. The van der Waals surface area contributed by atoms with E-state index in [0.717, 1.165) is 6.07 Å². The summed E-state index contributed by atoms with van der Waals surface area (Å²) in [5.41, 5.74) is -0.0749. The van der Waals surface area contributed by atoms with Gasteiger partial charge in [0.05, 0.1) is 10.8 Å². The zero-order valence-electron chi connectivity index (χ0n) is 8.38. The van der Waals surface area contributed by atoms with Gasteiger partial charge in [0, 0.05) is 6.07 Å². The molecule has 1 N–H and O–H groups in total. The second-order valence-corrected chi connectivity index (χ2v) is 3.21. The number of nitrogens with zero attached hydrogens (tertiary/aromatic N) is 2. The number of carboxylic acid groups (broad SMARTS) is 1. The van der Waals surface area contributed by atoms with Gasteiger partial charge in [0.15, 0.2) is 0 Å². The number of nitro groups is 1. The van der Waals surface area contributed by atoms with Crippen LogP contribution < -0.4 is 0 Å². The summed E-state index contributed by atoms with van der Waals surface area (Å²) in [5.74, 6) is -1.84. The number of carbonyl (C=O) groups is 1. The van der Waals surface area contributed by atoms with E-state index < -0.39 is 16.8 Å². The maximum absolute atomic E-state index is 10.7. The van der Waals surface area contributed by atoms with Crippen LogP contribution in [0.4, 0.5) is 5.69 Å². The minimum Gasteiger partial charge on any atom is -0.481 e. The van der Waals surface area contributed by atoms with Gasteiger partial charge in [-0.1, -0.05) is 6.07 Å². The predicted octanol–water partition coefficient (Wildman–Crippen LogP) is 1.65. The molecule has 82 valence electrons. The molecule has 1 rings (SSSR count). The predicted molar refractivity (Wildman–Crippen MR) is 53.9 cm³/mol. The maximum Gasteiger partial charge on any atom is 0.310 e. The summed E-state index contributed by atoms with van der Waals surface area (Å²) >= 11 is 0. The number of carboxylic acids is 1. The Balaban J connectivity index is 3.25. The summed E-state index contributed by atoms with van der Waals surface area (Å²) in [6.07, 6.45) is 0. The molecular weight excluding hydrogens is 212 g/mol. The quantitative estimate of drug-likeness (QED) is 0.616. The van der Waals surface area contributed by atoms with E-state index in [0.29, 0.717) is 5.56 Å². The van der Waals surface area contributed by atoms with Crippen LogP contribution in [0.5, 0.6) is 0 Å². The number of hydrogen-bond acceptors (Lipinski definition) is 4. The van der Waals surface area contributed by atoms with Gasteiger partial charge >= 0.3 is 5.97 Å². The second kappa shape index (κ2) is 4.40. The maximum atomic E-state index is 10.7. The molecule has 0 fully saturated rings. The lowest BCUT2D eigenvalue weighted by Crippen LogP contribution is -2.07. The summed E-state index contributed by atoms with van der Waals surface area (Å²) < 4.78 is 0. The van der Waals surface area contributed by atoms with Crippen molar-refractivity contribution in [3.8, 4) is 6.07 Å². The Kier molecular flexibility index (Phi) is 3.20. The smallest absolute Gasteiger partial charge is 0.310 e. The van der Waals surface area contributed by atoms with Crippen molar-refractivity contribution in [1.29, 1.82) is 5.26 Å². The van der Waals surface area contributed by atoms with Crippen molar-refractivity contribution in [2.45, 2.75) is 12.8 Å². The first kappa shape index (κ1) is 11.7. The van der Waals surface area contributed by atoms with Crippen LogP contribution in [0, 0.1) is 21.4 Å². The summed E-state index contributed by atoms with van der Waals surface area (Å²) in [6, 6.07) is 5.40. The molecule has 1 atom stereocenters. The highest BCUT2D eigenvalue weighted by atomic mass is 16.6. The van der Waals surface area contributed by atoms with Gasteiger partial charge in [0.1, 0.15) is 11.6 Å². The number of aliphatic carboxylic acids is 1. The van der Waals surface area contributed by atoms with Crippen LogP contribution in [0.1, 0.15) is 24.0 Å². The third kappa shape index (κ3) is 2.15. The molecule has 1 aromatic carbocycles. The van der Waals surface area contributed by atoms with Crippen LogP contribution in [0.3, 0.4) is 0 Å². The van der Waals surface area contributed by atoms with Crippen LogP contribution in [0.2, 0.25) is 0 Å². The average molecular weight is 220 g/mol. The molecule has 0 aliphatic carbocycles. The standard InChI is InChI=1S/C10H8N2O4/c1-6(10(13)14)7-2-3-9(12(15)16)8(4-7)5-11/h2-4,6H,1H3,(H,13,14). The van der Waals surface area contributed by atoms with Crippen molar-refractivity contribution in [2.75, 3.05) is 0 Å². The minimum absolute atomic E-state index is 0.129. The average Bonchev–Trinajstić information content (AvgIpc) is 2.26. The third-order valence-electron chi connectivity index (χ3n) is 2.21. The van der Waals surface area contributed by atoms with Crippen molar-refractivity contribution >= 4 is 11.7 Å². The molecule has 6 heteroatoms. The largest absolute Gasteiger partial charge is 0.481 e. The fraction of sp³-hybridized carbons (Fsp3) is 0.200. The Bertz CT molecular complexity index is 490. The van der Waals surface area contributed by atoms with Crippen LogP contribution >= 0.6 is 0 Å². The molecule has 6 nitrogen and oxygen atoms in total. The molecule has 0 aromatic heterocycles. The normalized spacial score (nSPS) is 11.5. The van der Waals surface area contributed by atoms with E-state index in [1.807, 2.05) is 0 Å². The summed E-state index contributed by atoms with van der Waals surface area (Å²) in [4.78, 5) is 20.6. The van der Waals surface area contributed by atoms with Gasteiger partial charge in [-0.05, 0) is 18.6 Å². The lowest BCUT2D eigenvalue weighted by atomic mass is 9.99. The van der Waals surface area contributed by atoms with E-state index >= 15 is 0 Å². The first-order valence-electron chi connectivity index (χ1n) is 4.38. The van der Waals surface area contributed by atoms with Crippen LogP contribution in [-0.2, 0) is 4.79 Å². The molecule has 0 amide bonds. The third-order valence-corrected chi connectivity index (χ3v) is 2.21. The van der Waals surface area contributed by atoms with E-state index in [2.05, 4.69) is 0 Å². The molecule has 0 aliphatic rings. The highest BCUT2D eigenvalue weighted by molar-refractivity contribution is 5.76. The number of benzene rings is 1. The summed E-state index contributed by atoms with van der Waals surface area (Å²) in [6.45, 7) is 1.45. The molecule has 0 bridgehead atoms. The number of nitriles is 1. The molecule has 1 unspecified atom stereocenters. The Morgan fingerprint density at radius 1 is 1.62 bits per heavy atom. The number of rotatable bonds is 3. The molecule has 1 aromatic rings.